The van der Waals surface area contributed by atoms with E-state index in [0.717, 1.165) is 0 Å². The first-order chi connectivity index (χ1) is 11.9. The molecule has 0 spiro atoms. The first-order valence-electron chi connectivity index (χ1n) is 7.26. The Kier molecular flexibility index (Phi) is 8.76. The predicted octanol–water partition coefficient (Wildman–Crippen LogP) is 1.65. The van der Waals surface area contributed by atoms with Crippen molar-refractivity contribution in [1.29, 1.82) is 0 Å². The average Bonchev–Trinajstić information content (AvgIpc) is 2.41. The van der Waals surface area contributed by atoms with Gasteiger partial charge in [0.05, 0.1) is 9.34 Å². The highest BCUT2D eigenvalue weighted by Crippen LogP contribution is 2.51. The van der Waals surface area contributed by atoms with Gasteiger partial charge in [-0.1, -0.05) is 22.6 Å². The highest BCUT2D eigenvalue weighted by Gasteiger charge is 2.51. The lowest BCUT2D eigenvalue weighted by atomic mass is 9.77. The van der Waals surface area contributed by atoms with Gasteiger partial charge in [0.25, 0.3) is 0 Å². The van der Waals surface area contributed by atoms with E-state index < -0.39 is 39.2 Å². The lowest BCUT2D eigenvalue weighted by Gasteiger charge is -2.40. The van der Waals surface area contributed by atoms with E-state index in [1.54, 1.807) is 6.08 Å². The zero-order chi connectivity index (χ0) is 20.2. The molecule has 0 aliphatic heterocycles. The van der Waals surface area contributed by atoms with Crippen LogP contribution in [0.5, 0.6) is 0 Å². The van der Waals surface area contributed by atoms with Crippen LogP contribution in [0.15, 0.2) is 18.8 Å². The molecule has 3 unspecified atom stereocenters. The van der Waals surface area contributed by atoms with Crippen molar-refractivity contribution in [2.75, 3.05) is 6.61 Å². The lowest BCUT2D eigenvalue weighted by molar-refractivity contribution is -0.157. The molecule has 0 saturated heterocycles. The molecule has 1 aliphatic carbocycles. The van der Waals surface area contributed by atoms with E-state index >= 15 is 0 Å². The maximum absolute atomic E-state index is 12.1. The second-order valence-corrected chi connectivity index (χ2v) is 9.89. The normalized spacial score (nSPS) is 23.7. The number of hydrogen-bond acceptors (Lipinski definition) is 6. The fourth-order valence-corrected chi connectivity index (χ4v) is 8.28. The number of amides is 2. The van der Waals surface area contributed by atoms with Crippen molar-refractivity contribution in [1.82, 2.24) is 0 Å². The number of rotatable bonds is 7. The largest absolute Gasteiger partial charge is 0.462 e. The summed E-state index contributed by atoms with van der Waals surface area (Å²) in [5.74, 6) is -3.33. The van der Waals surface area contributed by atoms with Crippen molar-refractivity contribution in [3.05, 3.63) is 18.8 Å². The van der Waals surface area contributed by atoms with E-state index in [-0.39, 0.29) is 18.6 Å². The topological polar surface area (TPSA) is 139 Å². The van der Waals surface area contributed by atoms with Crippen LogP contribution in [-0.2, 0) is 28.7 Å². The molecule has 0 aromatic rings. The summed E-state index contributed by atoms with van der Waals surface area (Å²) in [6.45, 7) is 2.22. The minimum Gasteiger partial charge on any atom is -0.462 e. The molecule has 2 amide bonds. The molecule has 0 bridgehead atoms. The molecule has 3 atom stereocenters. The number of alkyl halides is 1. The van der Waals surface area contributed by atoms with Gasteiger partial charge in [-0.25, -0.2) is 0 Å². The van der Waals surface area contributed by atoms with Gasteiger partial charge in [-0.15, -0.1) is 0 Å². The number of ether oxygens (including phenoxy) is 2. The summed E-state index contributed by atoms with van der Waals surface area (Å²) in [5, 5.41) is 0. The van der Waals surface area contributed by atoms with Crippen LogP contribution < -0.4 is 11.5 Å². The summed E-state index contributed by atoms with van der Waals surface area (Å²) < 4.78 is 10.2. The second kappa shape index (κ2) is 9.66. The van der Waals surface area contributed by atoms with Crippen LogP contribution in [0.25, 0.3) is 0 Å². The molecule has 0 aromatic carbocycles. The van der Waals surface area contributed by atoms with Crippen LogP contribution in [0.4, 0.5) is 0 Å². The lowest BCUT2D eigenvalue weighted by Crippen LogP contribution is -2.50. The Hall–Kier alpha value is -0.450. The maximum Gasteiger partial charge on any atom is 0.303 e. The van der Waals surface area contributed by atoms with Crippen molar-refractivity contribution in [3.8, 4) is 0 Å². The standard InChI is InChI=1S/C15H17I3N2O6/c1-6(21)25-5-8(26-7(2)22)4-15(18)11(13(19)23)9(16)3-10(17)12(15)14(20)24/h3,8,11H,4-5H2,1-2H3,(H2,19,23)(H2,20,24). The van der Waals surface area contributed by atoms with Gasteiger partial charge in [0, 0.05) is 33.0 Å². The minimum absolute atomic E-state index is 0.0130. The summed E-state index contributed by atoms with van der Waals surface area (Å²) in [6, 6.07) is 0. The van der Waals surface area contributed by atoms with Crippen molar-refractivity contribution in [3.63, 3.8) is 0 Å². The maximum atomic E-state index is 12.1. The number of carbonyl (C=O) groups is 4. The third-order valence-electron chi connectivity index (χ3n) is 3.51. The Morgan fingerprint density at radius 1 is 1.19 bits per heavy atom. The number of halogens is 3. The molecule has 11 heteroatoms. The van der Waals surface area contributed by atoms with Crippen molar-refractivity contribution in [2.24, 2.45) is 17.4 Å². The highest BCUT2D eigenvalue weighted by atomic mass is 127. The molecule has 8 nitrogen and oxygen atoms in total. The van der Waals surface area contributed by atoms with E-state index in [1.165, 1.54) is 13.8 Å². The van der Waals surface area contributed by atoms with Gasteiger partial charge in [0.2, 0.25) is 11.8 Å². The van der Waals surface area contributed by atoms with Crippen LogP contribution in [0, 0.1) is 5.92 Å². The predicted molar refractivity (Wildman–Crippen MR) is 119 cm³/mol. The van der Waals surface area contributed by atoms with Crippen molar-refractivity contribution < 1.29 is 28.7 Å². The van der Waals surface area contributed by atoms with E-state index in [4.69, 9.17) is 20.9 Å². The van der Waals surface area contributed by atoms with Gasteiger partial charge in [-0.3, -0.25) is 19.2 Å². The van der Waals surface area contributed by atoms with E-state index in [9.17, 15) is 19.2 Å². The molecular weight excluding hydrogens is 685 g/mol. The molecule has 0 radical (unpaired) electrons. The first kappa shape index (κ1) is 23.6. The smallest absolute Gasteiger partial charge is 0.303 e. The Balaban J connectivity index is 3.39. The Morgan fingerprint density at radius 3 is 2.19 bits per heavy atom. The summed E-state index contributed by atoms with van der Waals surface area (Å²) in [6.07, 6.45) is 0.801. The molecule has 0 fully saturated rings. The minimum atomic E-state index is -1.16. The van der Waals surface area contributed by atoms with Gasteiger partial charge in [-0.2, -0.15) is 0 Å². The molecule has 0 heterocycles. The van der Waals surface area contributed by atoms with Crippen LogP contribution in [-0.4, -0.2) is 39.9 Å². The zero-order valence-corrected chi connectivity index (χ0v) is 20.4. The number of hydrogen-bond donors (Lipinski definition) is 2. The Labute approximate surface area is 191 Å². The van der Waals surface area contributed by atoms with E-state index in [2.05, 4.69) is 0 Å². The summed E-state index contributed by atoms with van der Waals surface area (Å²) in [4.78, 5) is 46.8. The SMILES string of the molecule is CC(=O)OCC(CC1(I)C(C(N)=O)=C(I)C=C(I)C1C(N)=O)OC(C)=O. The third-order valence-corrected chi connectivity index (χ3v) is 6.90. The molecular formula is C15H17I3N2O6. The van der Waals surface area contributed by atoms with Gasteiger partial charge in [-0.05, 0) is 51.3 Å². The first-order valence-corrected chi connectivity index (χ1v) is 10.5. The summed E-state index contributed by atoms with van der Waals surface area (Å²) in [7, 11) is 0. The van der Waals surface area contributed by atoms with Crippen molar-refractivity contribution >= 4 is 91.5 Å². The Bertz CT molecular complexity index is 705. The van der Waals surface area contributed by atoms with Crippen LogP contribution in [0.1, 0.15) is 20.3 Å². The second-order valence-electron chi connectivity index (χ2n) is 5.55. The van der Waals surface area contributed by atoms with Gasteiger partial charge in [0.15, 0.2) is 0 Å². The number of primary amides is 2. The van der Waals surface area contributed by atoms with Gasteiger partial charge >= 0.3 is 11.9 Å². The van der Waals surface area contributed by atoms with Gasteiger partial charge in [0.1, 0.15) is 12.7 Å². The number of nitrogens with two attached hydrogens (primary N) is 2. The molecule has 0 saturated carbocycles. The van der Waals surface area contributed by atoms with Gasteiger partial charge < -0.3 is 20.9 Å². The quantitative estimate of drug-likeness (QED) is 0.235. The Morgan fingerprint density at radius 2 is 1.77 bits per heavy atom. The zero-order valence-electron chi connectivity index (χ0n) is 13.9. The molecule has 4 N–H and O–H groups in total. The summed E-state index contributed by atoms with van der Waals surface area (Å²) in [5.41, 5.74) is 11.3. The molecule has 1 aliphatic rings. The fraction of sp³-hybridized carbons (Fsp3) is 0.467. The third kappa shape index (κ3) is 5.77. The van der Waals surface area contributed by atoms with E-state index in [0.29, 0.717) is 7.16 Å². The number of carbonyl (C=O) groups excluding carboxylic acids is 4. The van der Waals surface area contributed by atoms with Crippen LogP contribution in [0.2, 0.25) is 0 Å². The number of allylic oxidation sites excluding steroid dienone is 2. The van der Waals surface area contributed by atoms with Crippen LogP contribution >= 0.6 is 67.8 Å². The highest BCUT2D eigenvalue weighted by molar-refractivity contribution is 14.1. The molecule has 1 rings (SSSR count). The van der Waals surface area contributed by atoms with Crippen molar-refractivity contribution in [2.45, 2.75) is 29.8 Å². The molecule has 26 heavy (non-hydrogen) atoms. The fourth-order valence-electron chi connectivity index (χ4n) is 2.65. The van der Waals surface area contributed by atoms with Crippen LogP contribution in [0.3, 0.4) is 0 Å². The van der Waals surface area contributed by atoms with E-state index in [1.807, 2.05) is 67.8 Å². The summed E-state index contributed by atoms with van der Waals surface area (Å²) >= 11 is 5.90. The average molecular weight is 702 g/mol. The molecule has 144 valence electrons. The number of esters is 2. The molecule has 0 aromatic heterocycles. The monoisotopic (exact) mass is 702 g/mol.